The molecule has 1 aliphatic rings. The highest BCUT2D eigenvalue weighted by molar-refractivity contribution is 5.98. The molecule has 0 bridgehead atoms. The van der Waals surface area contributed by atoms with Crippen LogP contribution in [0.15, 0.2) is 61.2 Å². The highest BCUT2D eigenvalue weighted by Gasteiger charge is 2.34. The van der Waals surface area contributed by atoms with E-state index < -0.39 is 6.04 Å². The maximum absolute atomic E-state index is 12.9. The molecule has 1 fully saturated rings. The Morgan fingerprint density at radius 2 is 1.71 bits per heavy atom. The fourth-order valence-corrected chi connectivity index (χ4v) is 4.02. The lowest BCUT2D eigenvalue weighted by Crippen LogP contribution is -2.53. The molecule has 1 saturated heterocycles. The van der Waals surface area contributed by atoms with E-state index in [-0.39, 0.29) is 23.6 Å². The van der Waals surface area contributed by atoms with Gasteiger partial charge in [0.05, 0.1) is 14.2 Å². The van der Waals surface area contributed by atoms with E-state index in [9.17, 15) is 14.4 Å². The summed E-state index contributed by atoms with van der Waals surface area (Å²) in [5.41, 5.74) is 0.999. The zero-order valence-corrected chi connectivity index (χ0v) is 19.6. The smallest absolute Gasteiger partial charge is 0.253 e. The Hall–Kier alpha value is -3.81. The van der Waals surface area contributed by atoms with Gasteiger partial charge in [-0.15, -0.1) is 6.58 Å². The lowest BCUT2D eigenvalue weighted by Gasteiger charge is -2.36. The molecule has 34 heavy (non-hydrogen) atoms. The van der Waals surface area contributed by atoms with Gasteiger partial charge in [-0.3, -0.25) is 14.4 Å². The number of carbonyl (C=O) groups is 3. The molecule has 1 aliphatic heterocycles. The summed E-state index contributed by atoms with van der Waals surface area (Å²) in [6.07, 6.45) is 2.77. The Labute approximate surface area is 199 Å². The number of amides is 3. The number of hydrogen-bond acceptors (Lipinski definition) is 5. The van der Waals surface area contributed by atoms with E-state index in [0.29, 0.717) is 55.1 Å². The van der Waals surface area contributed by atoms with Crippen LogP contribution in [0.5, 0.6) is 11.5 Å². The normalized spacial score (nSPS) is 14.6. The van der Waals surface area contributed by atoms with E-state index in [1.165, 1.54) is 7.11 Å². The molecule has 2 N–H and O–H groups in total. The second-order valence-corrected chi connectivity index (χ2v) is 8.08. The van der Waals surface area contributed by atoms with Crippen molar-refractivity contribution in [1.29, 1.82) is 0 Å². The van der Waals surface area contributed by atoms with Crippen LogP contribution in [0.3, 0.4) is 0 Å². The third kappa shape index (κ3) is 6.15. The first kappa shape index (κ1) is 24.8. The summed E-state index contributed by atoms with van der Waals surface area (Å²) in [5.74, 6) is 0.458. The molecular formula is C26H31N3O5. The van der Waals surface area contributed by atoms with Gasteiger partial charge in [0.25, 0.3) is 11.8 Å². The average molecular weight is 466 g/mol. The number of piperidine rings is 1. The molecule has 8 nitrogen and oxygen atoms in total. The summed E-state index contributed by atoms with van der Waals surface area (Å²) < 4.78 is 10.3. The van der Waals surface area contributed by atoms with Crippen LogP contribution in [0.2, 0.25) is 0 Å². The molecule has 1 atom stereocenters. The maximum atomic E-state index is 12.9. The van der Waals surface area contributed by atoms with Gasteiger partial charge in [0.1, 0.15) is 17.5 Å². The van der Waals surface area contributed by atoms with Gasteiger partial charge in [-0.2, -0.15) is 0 Å². The molecule has 180 valence electrons. The van der Waals surface area contributed by atoms with Crippen LogP contribution >= 0.6 is 0 Å². The first-order valence-corrected chi connectivity index (χ1v) is 11.2. The molecule has 0 saturated carbocycles. The first-order valence-electron chi connectivity index (χ1n) is 11.2. The molecule has 3 rings (SSSR count). The Bertz CT molecular complexity index is 1010. The van der Waals surface area contributed by atoms with Gasteiger partial charge in [-0.05, 0) is 61.2 Å². The Morgan fingerprint density at radius 1 is 1.03 bits per heavy atom. The first-order chi connectivity index (χ1) is 16.5. The van der Waals surface area contributed by atoms with Gasteiger partial charge in [0.15, 0.2) is 0 Å². The number of nitrogens with one attached hydrogen (secondary N) is 2. The topological polar surface area (TPSA) is 97.0 Å². The molecule has 0 spiro atoms. The van der Waals surface area contributed by atoms with Crippen molar-refractivity contribution in [2.45, 2.75) is 18.9 Å². The van der Waals surface area contributed by atoms with Crippen LogP contribution in [0.4, 0.5) is 0 Å². The highest BCUT2D eigenvalue weighted by atomic mass is 16.5. The second kappa shape index (κ2) is 11.9. The van der Waals surface area contributed by atoms with Gasteiger partial charge in [0.2, 0.25) is 5.91 Å². The minimum atomic E-state index is -0.725. The SMILES string of the molecule is C=CCNC(=O)[C@@H](NC(=O)c1cccc(OC)c1)C1CCN(C(=O)c2ccc(OC)cc2)CC1. The molecule has 2 aromatic rings. The number of methoxy groups -OCH3 is 2. The Morgan fingerprint density at radius 3 is 2.32 bits per heavy atom. The van der Waals surface area contributed by atoms with E-state index in [2.05, 4.69) is 17.2 Å². The lowest BCUT2D eigenvalue weighted by molar-refractivity contribution is -0.124. The minimum Gasteiger partial charge on any atom is -0.497 e. The second-order valence-electron chi connectivity index (χ2n) is 8.08. The molecule has 2 aromatic carbocycles. The van der Waals surface area contributed by atoms with Crippen molar-refractivity contribution in [3.05, 3.63) is 72.3 Å². The van der Waals surface area contributed by atoms with E-state index in [0.717, 1.165) is 0 Å². The lowest BCUT2D eigenvalue weighted by atomic mass is 9.88. The van der Waals surface area contributed by atoms with E-state index in [1.807, 2.05) is 0 Å². The number of rotatable bonds is 9. The molecular weight excluding hydrogens is 434 g/mol. The quantitative estimate of drug-likeness (QED) is 0.555. The van der Waals surface area contributed by atoms with Crippen LogP contribution in [0, 0.1) is 5.92 Å². The zero-order valence-electron chi connectivity index (χ0n) is 19.6. The molecule has 0 aromatic heterocycles. The van der Waals surface area contributed by atoms with Crippen LogP contribution in [0.1, 0.15) is 33.6 Å². The Balaban J connectivity index is 1.68. The molecule has 0 aliphatic carbocycles. The van der Waals surface area contributed by atoms with E-state index in [1.54, 1.807) is 66.6 Å². The maximum Gasteiger partial charge on any atom is 0.253 e. The summed E-state index contributed by atoms with van der Waals surface area (Å²) in [4.78, 5) is 40.5. The van der Waals surface area contributed by atoms with Crippen LogP contribution in [0.25, 0.3) is 0 Å². The summed E-state index contributed by atoms with van der Waals surface area (Å²) in [5, 5.41) is 5.68. The van der Waals surface area contributed by atoms with Crippen molar-refractivity contribution in [2.75, 3.05) is 33.9 Å². The third-order valence-corrected chi connectivity index (χ3v) is 5.96. The van der Waals surface area contributed by atoms with Gasteiger partial charge in [0, 0.05) is 30.8 Å². The predicted octanol–water partition coefficient (Wildman–Crippen LogP) is 2.66. The zero-order chi connectivity index (χ0) is 24.5. The van der Waals surface area contributed by atoms with E-state index in [4.69, 9.17) is 9.47 Å². The van der Waals surface area contributed by atoms with Gasteiger partial charge in [-0.1, -0.05) is 12.1 Å². The van der Waals surface area contributed by atoms with Crippen molar-refractivity contribution in [3.8, 4) is 11.5 Å². The van der Waals surface area contributed by atoms with Crippen molar-refractivity contribution in [3.63, 3.8) is 0 Å². The van der Waals surface area contributed by atoms with Crippen LogP contribution in [-0.4, -0.2) is 62.5 Å². The molecule has 1 heterocycles. The Kier molecular flexibility index (Phi) is 8.67. The summed E-state index contributed by atoms with van der Waals surface area (Å²) in [6.45, 7) is 4.93. The molecule has 8 heteroatoms. The van der Waals surface area contributed by atoms with Crippen molar-refractivity contribution < 1.29 is 23.9 Å². The summed E-state index contributed by atoms with van der Waals surface area (Å²) >= 11 is 0. The van der Waals surface area contributed by atoms with Crippen LogP contribution in [-0.2, 0) is 4.79 Å². The number of carbonyl (C=O) groups excluding carboxylic acids is 3. The average Bonchev–Trinajstić information content (AvgIpc) is 2.90. The molecule has 3 amide bonds. The van der Waals surface area contributed by atoms with Gasteiger partial charge >= 0.3 is 0 Å². The number of benzene rings is 2. The largest absolute Gasteiger partial charge is 0.497 e. The molecule has 0 unspecified atom stereocenters. The summed E-state index contributed by atoms with van der Waals surface area (Å²) in [6, 6.07) is 13.1. The number of ether oxygens (including phenoxy) is 2. The fourth-order valence-electron chi connectivity index (χ4n) is 4.02. The number of nitrogens with zero attached hydrogens (tertiary/aromatic N) is 1. The highest BCUT2D eigenvalue weighted by Crippen LogP contribution is 2.24. The third-order valence-electron chi connectivity index (χ3n) is 5.96. The van der Waals surface area contributed by atoms with Crippen molar-refractivity contribution in [2.24, 2.45) is 5.92 Å². The molecule has 0 radical (unpaired) electrons. The summed E-state index contributed by atoms with van der Waals surface area (Å²) in [7, 11) is 3.11. The van der Waals surface area contributed by atoms with Crippen molar-refractivity contribution in [1.82, 2.24) is 15.5 Å². The van der Waals surface area contributed by atoms with Crippen LogP contribution < -0.4 is 20.1 Å². The standard InChI is InChI=1S/C26H31N3O5/c1-4-14-27-25(31)23(28-24(30)20-6-5-7-22(17-20)34-3)18-12-15-29(16-13-18)26(32)19-8-10-21(33-2)11-9-19/h4-11,17-18,23H,1,12-16H2,2-3H3,(H,27,31)(H,28,30)/t23-/m0/s1. The minimum absolute atomic E-state index is 0.0609. The number of likely N-dealkylation sites (tertiary alicyclic amines) is 1. The van der Waals surface area contributed by atoms with Gasteiger partial charge in [-0.25, -0.2) is 0 Å². The van der Waals surface area contributed by atoms with Crippen molar-refractivity contribution >= 4 is 17.7 Å². The van der Waals surface area contributed by atoms with Gasteiger partial charge < -0.3 is 25.0 Å². The predicted molar refractivity (Wildman–Crippen MR) is 129 cm³/mol. The fraction of sp³-hybridized carbons (Fsp3) is 0.346. The van der Waals surface area contributed by atoms with E-state index >= 15 is 0 Å². The number of hydrogen-bond donors (Lipinski definition) is 2. The monoisotopic (exact) mass is 465 g/mol.